The van der Waals surface area contributed by atoms with Gasteiger partial charge in [-0.2, -0.15) is 5.10 Å². The van der Waals surface area contributed by atoms with Gasteiger partial charge in [-0.1, -0.05) is 92.6 Å². The minimum Gasteiger partial charge on any atom is -0.262 e. The molecule has 4 rings (SSSR count). The fourth-order valence-electron chi connectivity index (χ4n) is 5.33. The zero-order valence-corrected chi connectivity index (χ0v) is 24.2. The van der Waals surface area contributed by atoms with Crippen molar-refractivity contribution in [3.8, 4) is 0 Å². The minimum absolute atomic E-state index is 0.0859. The van der Waals surface area contributed by atoms with E-state index in [4.69, 9.17) is 5.10 Å². The number of pyridine rings is 1. The largest absolute Gasteiger partial charge is 0.262 e. The monoisotopic (exact) mass is 517 g/mol. The molecule has 0 N–H and O–H groups in total. The first kappa shape index (κ1) is 28.3. The van der Waals surface area contributed by atoms with E-state index in [1.165, 1.54) is 51.8 Å². The maximum atomic E-state index is 5.35. The van der Waals surface area contributed by atoms with Crippen molar-refractivity contribution in [1.82, 2.24) is 9.99 Å². The van der Waals surface area contributed by atoms with Crippen LogP contribution < -0.4 is 0 Å². The predicted molar refractivity (Wildman–Crippen MR) is 167 cm³/mol. The molecule has 0 bridgehead atoms. The molecule has 0 spiro atoms. The Hall–Kier alpha value is -3.72. The van der Waals surface area contributed by atoms with Crippen LogP contribution in [0, 0.1) is 20.8 Å². The number of allylic oxidation sites excluding steroid dienone is 3. The van der Waals surface area contributed by atoms with Crippen LogP contribution >= 0.6 is 0 Å². The number of hydrogen-bond acceptors (Lipinski definition) is 3. The molecule has 0 fully saturated rings. The summed E-state index contributed by atoms with van der Waals surface area (Å²) in [5.74, 6) is 0. The third kappa shape index (κ3) is 6.84. The van der Waals surface area contributed by atoms with Crippen LogP contribution in [0.2, 0.25) is 0 Å². The summed E-state index contributed by atoms with van der Waals surface area (Å²) in [7, 11) is 0. The molecule has 1 aliphatic heterocycles. The number of hydrogen-bond donors (Lipinski definition) is 0. The highest BCUT2D eigenvalue weighted by atomic mass is 15.5. The number of nitrogens with zero attached hydrogens (tertiary/aromatic N) is 3. The van der Waals surface area contributed by atoms with Gasteiger partial charge >= 0.3 is 0 Å². The highest BCUT2D eigenvalue weighted by molar-refractivity contribution is 6.10. The molecule has 2 aromatic carbocycles. The first-order valence-electron chi connectivity index (χ1n) is 14.4. The molecule has 0 amide bonds. The molecule has 1 aliphatic rings. The Morgan fingerprint density at radius 3 is 2.41 bits per heavy atom. The maximum absolute atomic E-state index is 5.35. The summed E-state index contributed by atoms with van der Waals surface area (Å²) in [5, 5.41) is 7.51. The molecule has 202 valence electrons. The van der Waals surface area contributed by atoms with Crippen LogP contribution in [0.4, 0.5) is 0 Å². The number of aromatic nitrogens is 1. The van der Waals surface area contributed by atoms with Gasteiger partial charge < -0.3 is 0 Å². The second-order valence-corrected chi connectivity index (χ2v) is 10.7. The highest BCUT2D eigenvalue weighted by Gasteiger charge is 2.32. The molecule has 0 aliphatic carbocycles. The summed E-state index contributed by atoms with van der Waals surface area (Å²) < 4.78 is 0. The quantitative estimate of drug-likeness (QED) is 0.177. The Kier molecular flexibility index (Phi) is 9.70. The highest BCUT2D eigenvalue weighted by Crippen LogP contribution is 2.40. The lowest BCUT2D eigenvalue weighted by Gasteiger charge is -2.25. The third-order valence-corrected chi connectivity index (χ3v) is 7.63. The summed E-state index contributed by atoms with van der Waals surface area (Å²) in [6, 6.07) is 22.1. The van der Waals surface area contributed by atoms with Crippen molar-refractivity contribution < 1.29 is 0 Å². The van der Waals surface area contributed by atoms with Crippen LogP contribution in [-0.2, 0) is 0 Å². The van der Waals surface area contributed by atoms with Gasteiger partial charge in [-0.25, -0.2) is 0 Å². The van der Waals surface area contributed by atoms with Gasteiger partial charge in [0.15, 0.2) is 0 Å². The van der Waals surface area contributed by atoms with Gasteiger partial charge in [-0.05, 0) is 85.9 Å². The molecule has 3 nitrogen and oxygen atoms in total. The molecule has 1 aromatic heterocycles. The fourth-order valence-corrected chi connectivity index (χ4v) is 5.33. The standard InChI is InChI=1S/C36H43N3/c1-7-9-11-17-33(36(30-21-18-26(3)19-22-30)32-16-13-12-14-27(32)4)34-24-35(31-23-20-28(5)37-25-31)39(38-34)29(6)15-10-8-2/h8,12-14,16,18-23,25,35H,2,6-7,9-11,15,17,24H2,1,3-5H3/b36-33+. The van der Waals surface area contributed by atoms with Gasteiger partial charge in [0, 0.05) is 24.0 Å². The van der Waals surface area contributed by atoms with Crippen LogP contribution in [0.15, 0.2) is 102 Å². The first-order chi connectivity index (χ1) is 18.9. The molecule has 1 atom stereocenters. The zero-order chi connectivity index (χ0) is 27.8. The van der Waals surface area contributed by atoms with Gasteiger partial charge in [0.25, 0.3) is 0 Å². The third-order valence-electron chi connectivity index (χ3n) is 7.63. The lowest BCUT2D eigenvalue weighted by atomic mass is 9.84. The summed E-state index contributed by atoms with van der Waals surface area (Å²) in [6.07, 6.45) is 11.0. The molecule has 0 saturated heterocycles. The number of benzene rings is 2. The number of hydrazone groups is 1. The number of rotatable bonds is 12. The van der Waals surface area contributed by atoms with E-state index in [9.17, 15) is 0 Å². The summed E-state index contributed by atoms with van der Waals surface area (Å²) in [6.45, 7) is 17.0. The molecule has 3 aromatic rings. The second kappa shape index (κ2) is 13.4. The number of aryl methyl sites for hydroxylation is 3. The normalized spacial score (nSPS) is 15.6. The van der Waals surface area contributed by atoms with E-state index in [-0.39, 0.29) is 6.04 Å². The van der Waals surface area contributed by atoms with E-state index in [2.05, 4.69) is 105 Å². The zero-order valence-electron chi connectivity index (χ0n) is 24.2. The molecule has 39 heavy (non-hydrogen) atoms. The molecular weight excluding hydrogens is 474 g/mol. The Labute approximate surface area is 235 Å². The summed E-state index contributed by atoms with van der Waals surface area (Å²) >= 11 is 0. The molecule has 1 unspecified atom stereocenters. The Morgan fingerprint density at radius 2 is 1.74 bits per heavy atom. The minimum atomic E-state index is 0.0859. The van der Waals surface area contributed by atoms with Crippen molar-refractivity contribution in [1.29, 1.82) is 0 Å². The van der Waals surface area contributed by atoms with Gasteiger partial charge in [0.05, 0.1) is 11.8 Å². The van der Waals surface area contributed by atoms with Gasteiger partial charge in [0.2, 0.25) is 0 Å². The van der Waals surface area contributed by atoms with Crippen LogP contribution in [0.3, 0.4) is 0 Å². The smallest absolute Gasteiger partial charge is 0.0842 e. The van der Waals surface area contributed by atoms with E-state index in [1.807, 2.05) is 19.2 Å². The molecule has 2 heterocycles. The molecule has 0 saturated carbocycles. The van der Waals surface area contributed by atoms with Gasteiger partial charge in [-0.15, -0.1) is 6.58 Å². The van der Waals surface area contributed by atoms with Gasteiger partial charge in [0.1, 0.15) is 0 Å². The van der Waals surface area contributed by atoms with E-state index in [1.54, 1.807) is 0 Å². The predicted octanol–water partition coefficient (Wildman–Crippen LogP) is 9.67. The SMILES string of the molecule is C=CCCC(=C)N1N=C(/C(CCCCC)=C(\c2ccc(C)cc2)c2ccccc2C)CC1c1ccc(C)nc1. The van der Waals surface area contributed by atoms with E-state index in [0.29, 0.717) is 0 Å². The van der Waals surface area contributed by atoms with Gasteiger partial charge in [-0.3, -0.25) is 9.99 Å². The fraction of sp³-hybridized carbons (Fsp3) is 0.333. The summed E-state index contributed by atoms with van der Waals surface area (Å²) in [4.78, 5) is 4.62. The van der Waals surface area contributed by atoms with E-state index in [0.717, 1.165) is 49.2 Å². The molecule has 3 heteroatoms. The van der Waals surface area contributed by atoms with Crippen LogP contribution in [-0.4, -0.2) is 15.7 Å². The van der Waals surface area contributed by atoms with Crippen molar-refractivity contribution in [3.05, 3.63) is 131 Å². The Bertz CT molecular complexity index is 1340. The average molecular weight is 518 g/mol. The first-order valence-corrected chi connectivity index (χ1v) is 14.4. The lowest BCUT2D eigenvalue weighted by Crippen LogP contribution is -2.18. The van der Waals surface area contributed by atoms with Crippen LogP contribution in [0.25, 0.3) is 5.57 Å². The van der Waals surface area contributed by atoms with Crippen LogP contribution in [0.5, 0.6) is 0 Å². The van der Waals surface area contributed by atoms with E-state index >= 15 is 0 Å². The topological polar surface area (TPSA) is 28.5 Å². The molecule has 0 radical (unpaired) electrons. The summed E-state index contributed by atoms with van der Waals surface area (Å²) in [5.41, 5.74) is 12.1. The van der Waals surface area contributed by atoms with Crippen molar-refractivity contribution in [2.75, 3.05) is 0 Å². The second-order valence-electron chi connectivity index (χ2n) is 10.7. The van der Waals surface area contributed by atoms with Crippen molar-refractivity contribution >= 4 is 11.3 Å². The Balaban J connectivity index is 1.90. The van der Waals surface area contributed by atoms with Crippen molar-refractivity contribution in [2.45, 2.75) is 78.7 Å². The van der Waals surface area contributed by atoms with Crippen molar-refractivity contribution in [3.63, 3.8) is 0 Å². The average Bonchev–Trinajstić information content (AvgIpc) is 3.38. The van der Waals surface area contributed by atoms with Crippen molar-refractivity contribution in [2.24, 2.45) is 5.10 Å². The van der Waals surface area contributed by atoms with Crippen LogP contribution in [0.1, 0.15) is 91.4 Å². The number of unbranched alkanes of at least 4 members (excludes halogenated alkanes) is 2. The maximum Gasteiger partial charge on any atom is 0.0842 e. The lowest BCUT2D eigenvalue weighted by molar-refractivity contribution is 0.290. The van der Waals surface area contributed by atoms with E-state index < -0.39 is 0 Å². The molecular formula is C36H43N3. The Morgan fingerprint density at radius 1 is 0.974 bits per heavy atom.